The van der Waals surface area contributed by atoms with Gasteiger partial charge in [0, 0.05) is 6.54 Å². The smallest absolute Gasteiger partial charge is 0.147 e. The largest absolute Gasteiger partial charge is 0.326 e. The molecule has 0 bridgehead atoms. The molecule has 0 amide bonds. The van der Waals surface area contributed by atoms with E-state index in [2.05, 4.69) is 35.2 Å². The third-order valence-electron chi connectivity index (χ3n) is 2.93. The summed E-state index contributed by atoms with van der Waals surface area (Å²) >= 11 is 0. The van der Waals surface area contributed by atoms with Crippen LogP contribution in [0.25, 0.3) is 0 Å². The van der Waals surface area contributed by atoms with Crippen molar-refractivity contribution in [3.63, 3.8) is 0 Å². The molecule has 0 unspecified atom stereocenters. The molecule has 0 atom stereocenters. The number of nitrogens with zero attached hydrogens (tertiary/aromatic N) is 3. The second kappa shape index (κ2) is 4.67. The quantitative estimate of drug-likeness (QED) is 0.873. The topological polar surface area (TPSA) is 56.7 Å². The molecule has 2 N–H and O–H groups in total. The fraction of sp³-hybridized carbons (Fsp3) is 0.385. The van der Waals surface area contributed by atoms with E-state index in [1.165, 1.54) is 11.1 Å². The molecule has 2 aromatic rings. The fourth-order valence-electron chi connectivity index (χ4n) is 1.93. The Bertz CT molecular complexity index is 528. The highest BCUT2D eigenvalue weighted by molar-refractivity contribution is 5.31. The molecule has 0 spiro atoms. The average Bonchev–Trinajstić information content (AvgIpc) is 2.60. The monoisotopic (exact) mass is 230 g/mol. The summed E-state index contributed by atoms with van der Waals surface area (Å²) in [6.07, 6.45) is 0. The molecule has 90 valence electrons. The zero-order valence-electron chi connectivity index (χ0n) is 10.6. The number of aryl methyl sites for hydroxylation is 3. The van der Waals surface area contributed by atoms with E-state index in [0.717, 1.165) is 23.8 Å². The molecule has 1 heterocycles. The van der Waals surface area contributed by atoms with Gasteiger partial charge in [-0.3, -0.25) is 0 Å². The molecule has 0 saturated heterocycles. The van der Waals surface area contributed by atoms with Gasteiger partial charge in [0.25, 0.3) is 0 Å². The van der Waals surface area contributed by atoms with Crippen molar-refractivity contribution >= 4 is 0 Å². The zero-order valence-corrected chi connectivity index (χ0v) is 10.6. The Morgan fingerprint density at radius 2 is 2.00 bits per heavy atom. The van der Waals surface area contributed by atoms with E-state index < -0.39 is 0 Å². The van der Waals surface area contributed by atoms with Crippen LogP contribution < -0.4 is 5.73 Å². The summed E-state index contributed by atoms with van der Waals surface area (Å²) < 4.78 is 1.93. The van der Waals surface area contributed by atoms with E-state index in [1.807, 2.05) is 18.5 Å². The van der Waals surface area contributed by atoms with Crippen LogP contribution in [0.15, 0.2) is 18.2 Å². The maximum Gasteiger partial charge on any atom is 0.147 e. The maximum absolute atomic E-state index is 5.62. The lowest BCUT2D eigenvalue weighted by atomic mass is 10.1. The van der Waals surface area contributed by atoms with Gasteiger partial charge in [0.2, 0.25) is 0 Å². The minimum Gasteiger partial charge on any atom is -0.326 e. The van der Waals surface area contributed by atoms with Crippen molar-refractivity contribution in [2.24, 2.45) is 5.73 Å². The van der Waals surface area contributed by atoms with Crippen LogP contribution in [-0.4, -0.2) is 14.8 Å². The molecule has 0 radical (unpaired) electrons. The second-order valence-corrected chi connectivity index (χ2v) is 4.33. The number of nitrogens with two attached hydrogens (primary N) is 1. The predicted octanol–water partition coefficient (Wildman–Crippen LogP) is 1.71. The van der Waals surface area contributed by atoms with Gasteiger partial charge in [-0.2, -0.15) is 5.10 Å². The molecule has 4 nitrogen and oxygen atoms in total. The van der Waals surface area contributed by atoms with E-state index in [-0.39, 0.29) is 0 Å². The van der Waals surface area contributed by atoms with E-state index in [9.17, 15) is 0 Å². The summed E-state index contributed by atoms with van der Waals surface area (Å²) in [4.78, 5) is 4.30. The van der Waals surface area contributed by atoms with Gasteiger partial charge in [-0.15, -0.1) is 0 Å². The number of aromatic nitrogens is 3. The molecule has 0 fully saturated rings. The molecular weight excluding hydrogens is 212 g/mol. The highest BCUT2D eigenvalue weighted by atomic mass is 15.3. The zero-order chi connectivity index (χ0) is 12.4. The molecule has 1 aromatic heterocycles. The summed E-state index contributed by atoms with van der Waals surface area (Å²) in [5.74, 6) is 1.77. The van der Waals surface area contributed by atoms with Crippen LogP contribution >= 0.6 is 0 Å². The Hall–Kier alpha value is -1.68. The summed E-state index contributed by atoms with van der Waals surface area (Å²) in [5.41, 5.74) is 9.30. The Morgan fingerprint density at radius 3 is 2.53 bits per heavy atom. The van der Waals surface area contributed by atoms with Gasteiger partial charge in [0.1, 0.15) is 11.6 Å². The van der Waals surface area contributed by atoms with Gasteiger partial charge in [-0.25, -0.2) is 9.67 Å². The summed E-state index contributed by atoms with van der Waals surface area (Å²) in [5, 5.41) is 4.37. The van der Waals surface area contributed by atoms with Gasteiger partial charge in [0.15, 0.2) is 0 Å². The number of rotatable bonds is 3. The molecule has 4 heteroatoms. The first-order valence-electron chi connectivity index (χ1n) is 5.76. The Labute approximate surface area is 101 Å². The first-order chi connectivity index (χ1) is 8.10. The van der Waals surface area contributed by atoms with E-state index in [1.54, 1.807) is 0 Å². The van der Waals surface area contributed by atoms with Crippen LogP contribution in [0.1, 0.15) is 28.3 Å². The average molecular weight is 230 g/mol. The summed E-state index contributed by atoms with van der Waals surface area (Å²) in [7, 11) is 0. The van der Waals surface area contributed by atoms with Crippen molar-refractivity contribution in [3.8, 4) is 0 Å². The normalized spacial score (nSPS) is 10.8. The molecule has 17 heavy (non-hydrogen) atoms. The highest BCUT2D eigenvalue weighted by Crippen LogP contribution is 2.13. The van der Waals surface area contributed by atoms with Crippen molar-refractivity contribution in [3.05, 3.63) is 46.5 Å². The van der Waals surface area contributed by atoms with Gasteiger partial charge < -0.3 is 5.73 Å². The molecule has 0 aliphatic carbocycles. The minimum absolute atomic E-state index is 0.586. The first-order valence-corrected chi connectivity index (χ1v) is 5.76. The lowest BCUT2D eigenvalue weighted by Gasteiger charge is -2.08. The Kier molecular flexibility index (Phi) is 3.24. The third kappa shape index (κ3) is 2.53. The van der Waals surface area contributed by atoms with E-state index >= 15 is 0 Å². The number of benzene rings is 1. The molecule has 0 saturated carbocycles. The molecule has 0 aliphatic heterocycles. The van der Waals surface area contributed by atoms with E-state index in [0.29, 0.717) is 6.54 Å². The van der Waals surface area contributed by atoms with Gasteiger partial charge in [-0.1, -0.05) is 18.2 Å². The Balaban J connectivity index is 2.27. The van der Waals surface area contributed by atoms with Crippen LogP contribution in [-0.2, 0) is 13.1 Å². The summed E-state index contributed by atoms with van der Waals surface area (Å²) in [6.45, 7) is 7.34. The van der Waals surface area contributed by atoms with Crippen molar-refractivity contribution in [1.82, 2.24) is 14.8 Å². The molecule has 2 rings (SSSR count). The Morgan fingerprint density at radius 1 is 1.24 bits per heavy atom. The highest BCUT2D eigenvalue weighted by Gasteiger charge is 2.05. The van der Waals surface area contributed by atoms with Crippen LogP contribution in [0.5, 0.6) is 0 Å². The standard InChI is InChI=1S/C13H18N4/c1-9-6-12(7-14)4-5-13(9)8-17-11(3)15-10(2)16-17/h4-6H,7-8,14H2,1-3H3. The van der Waals surface area contributed by atoms with Crippen molar-refractivity contribution in [1.29, 1.82) is 0 Å². The predicted molar refractivity (Wildman–Crippen MR) is 67.7 cm³/mol. The van der Waals surface area contributed by atoms with Crippen LogP contribution in [0.4, 0.5) is 0 Å². The van der Waals surface area contributed by atoms with Crippen LogP contribution in [0.3, 0.4) is 0 Å². The number of hydrogen-bond acceptors (Lipinski definition) is 3. The van der Waals surface area contributed by atoms with Crippen molar-refractivity contribution < 1.29 is 0 Å². The first kappa shape index (κ1) is 11.8. The third-order valence-corrected chi connectivity index (χ3v) is 2.93. The van der Waals surface area contributed by atoms with Crippen molar-refractivity contribution in [2.75, 3.05) is 0 Å². The molecular formula is C13H18N4. The minimum atomic E-state index is 0.586. The van der Waals surface area contributed by atoms with Gasteiger partial charge in [-0.05, 0) is 37.5 Å². The lowest BCUT2D eigenvalue weighted by Crippen LogP contribution is -2.06. The second-order valence-electron chi connectivity index (χ2n) is 4.33. The fourth-order valence-corrected chi connectivity index (χ4v) is 1.93. The lowest BCUT2D eigenvalue weighted by molar-refractivity contribution is 0.653. The summed E-state index contributed by atoms with van der Waals surface area (Å²) in [6, 6.07) is 6.32. The maximum atomic E-state index is 5.62. The van der Waals surface area contributed by atoms with Crippen LogP contribution in [0, 0.1) is 20.8 Å². The van der Waals surface area contributed by atoms with Gasteiger partial charge in [0.05, 0.1) is 6.54 Å². The molecule has 0 aliphatic rings. The van der Waals surface area contributed by atoms with E-state index in [4.69, 9.17) is 5.73 Å². The molecule has 1 aromatic carbocycles. The van der Waals surface area contributed by atoms with Gasteiger partial charge >= 0.3 is 0 Å². The SMILES string of the molecule is Cc1nc(C)n(Cc2ccc(CN)cc2C)n1. The van der Waals surface area contributed by atoms with Crippen molar-refractivity contribution in [2.45, 2.75) is 33.9 Å². The number of hydrogen-bond donors (Lipinski definition) is 1. The van der Waals surface area contributed by atoms with Crippen LogP contribution in [0.2, 0.25) is 0 Å².